The lowest BCUT2D eigenvalue weighted by Crippen LogP contribution is -2.15. The molecule has 0 bridgehead atoms. The third-order valence-electron chi connectivity index (χ3n) is 4.28. The van der Waals surface area contributed by atoms with E-state index in [4.69, 9.17) is 4.74 Å². The third-order valence-corrected chi connectivity index (χ3v) is 4.28. The van der Waals surface area contributed by atoms with Gasteiger partial charge in [0.05, 0.1) is 5.56 Å². The summed E-state index contributed by atoms with van der Waals surface area (Å²) in [6, 6.07) is 10.8. The van der Waals surface area contributed by atoms with E-state index in [9.17, 15) is 9.18 Å². The highest BCUT2D eigenvalue weighted by Gasteiger charge is 2.16. The fraction of sp³-hybridized carbons (Fsp3) is 0.143. The number of hydrogen-bond acceptors (Lipinski definition) is 7. The molecule has 3 heterocycles. The summed E-state index contributed by atoms with van der Waals surface area (Å²) in [5.41, 5.74) is 0.328. The first kappa shape index (κ1) is 20.1. The number of benzene rings is 1. The lowest BCUT2D eigenvalue weighted by Gasteiger charge is -2.11. The maximum Gasteiger partial charge on any atom is 0.321 e. The maximum absolute atomic E-state index is 14.3. The van der Waals surface area contributed by atoms with Crippen LogP contribution >= 0.6 is 0 Å². The molecule has 0 aliphatic rings. The molecule has 1 amide bonds. The number of amides is 1. The zero-order chi connectivity index (χ0) is 21.8. The van der Waals surface area contributed by atoms with Crippen LogP contribution in [0.2, 0.25) is 0 Å². The third kappa shape index (κ3) is 4.53. The summed E-state index contributed by atoms with van der Waals surface area (Å²) in [5, 5.41) is 10.6. The van der Waals surface area contributed by atoms with Crippen LogP contribution in [-0.4, -0.2) is 35.6 Å². The summed E-state index contributed by atoms with van der Waals surface area (Å²) in [6.45, 7) is 3.99. The first-order valence-corrected chi connectivity index (χ1v) is 9.44. The Morgan fingerprint density at radius 3 is 2.71 bits per heavy atom. The smallest absolute Gasteiger partial charge is 0.321 e. The van der Waals surface area contributed by atoms with Crippen LogP contribution in [0.4, 0.5) is 10.2 Å². The second kappa shape index (κ2) is 8.66. The van der Waals surface area contributed by atoms with Gasteiger partial charge in [-0.15, -0.1) is 10.2 Å². The molecule has 1 N–H and O–H groups in total. The molecular weight excluding hydrogens is 401 g/mol. The largest absolute Gasteiger partial charge is 0.424 e. The lowest BCUT2D eigenvalue weighted by atomic mass is 10.2. The predicted octanol–water partition coefficient (Wildman–Crippen LogP) is 3.89. The van der Waals surface area contributed by atoms with Gasteiger partial charge in [-0.1, -0.05) is 6.07 Å². The highest BCUT2D eigenvalue weighted by Crippen LogP contribution is 2.23. The van der Waals surface area contributed by atoms with Crippen LogP contribution in [-0.2, 0) is 0 Å². The van der Waals surface area contributed by atoms with E-state index in [1.54, 1.807) is 30.6 Å². The quantitative estimate of drug-likeness (QED) is 0.505. The van der Waals surface area contributed by atoms with Gasteiger partial charge in [0.25, 0.3) is 5.91 Å². The number of anilines is 1. The van der Waals surface area contributed by atoms with Gasteiger partial charge in [-0.05, 0) is 50.2 Å². The average Bonchev–Trinajstić information content (AvgIpc) is 3.26. The van der Waals surface area contributed by atoms with Crippen molar-refractivity contribution in [2.75, 3.05) is 5.32 Å². The normalized spacial score (nSPS) is 10.8. The van der Waals surface area contributed by atoms with E-state index in [-0.39, 0.29) is 29.2 Å². The molecule has 4 aromatic rings. The van der Waals surface area contributed by atoms with Crippen LogP contribution in [0.5, 0.6) is 11.8 Å². The van der Waals surface area contributed by atoms with E-state index in [2.05, 4.69) is 30.5 Å². The molecule has 0 aliphatic carbocycles. The molecule has 0 fully saturated rings. The van der Waals surface area contributed by atoms with Crippen molar-refractivity contribution in [1.29, 1.82) is 0 Å². The first-order valence-electron chi connectivity index (χ1n) is 9.44. The van der Waals surface area contributed by atoms with Crippen molar-refractivity contribution in [3.05, 3.63) is 72.6 Å². The summed E-state index contributed by atoms with van der Waals surface area (Å²) in [7, 11) is 0. The number of rotatable bonds is 6. The van der Waals surface area contributed by atoms with Crippen molar-refractivity contribution in [2.45, 2.75) is 19.9 Å². The summed E-state index contributed by atoms with van der Waals surface area (Å²) in [5.74, 6) is -0.334. The number of carbonyl (C=O) groups is 1. The zero-order valence-electron chi connectivity index (χ0n) is 16.7. The molecule has 10 heteroatoms. The molecule has 156 valence electrons. The standard InChI is InChI=1S/C21H18FN7O2/c1-13(2)29-12-25-28-19(29)17-5-3-6-18(26-17)27-20(30)15-11-14(7-8-16(15)22)31-21-23-9-4-10-24-21/h3-13H,1-2H3,(H,26,27,30). The van der Waals surface area contributed by atoms with Crippen LogP contribution in [0.3, 0.4) is 0 Å². The summed E-state index contributed by atoms with van der Waals surface area (Å²) >= 11 is 0. The fourth-order valence-electron chi connectivity index (χ4n) is 2.80. The first-order chi connectivity index (χ1) is 15.0. The number of hydrogen-bond donors (Lipinski definition) is 1. The molecule has 31 heavy (non-hydrogen) atoms. The van der Waals surface area contributed by atoms with Gasteiger partial charge in [0.1, 0.15) is 29.4 Å². The fourth-order valence-corrected chi connectivity index (χ4v) is 2.80. The number of ether oxygens (including phenoxy) is 1. The molecule has 0 aliphatic heterocycles. The van der Waals surface area contributed by atoms with Gasteiger partial charge in [0.15, 0.2) is 5.82 Å². The number of nitrogens with one attached hydrogen (secondary N) is 1. The van der Waals surface area contributed by atoms with Crippen LogP contribution < -0.4 is 10.1 Å². The van der Waals surface area contributed by atoms with Crippen molar-refractivity contribution in [1.82, 2.24) is 29.7 Å². The van der Waals surface area contributed by atoms with Gasteiger partial charge in [0, 0.05) is 18.4 Å². The maximum atomic E-state index is 14.3. The molecule has 0 saturated carbocycles. The summed E-state index contributed by atoms with van der Waals surface area (Å²) in [6.07, 6.45) is 4.64. The molecule has 0 unspecified atom stereocenters. The minimum Gasteiger partial charge on any atom is -0.424 e. The van der Waals surface area contributed by atoms with Crippen molar-refractivity contribution in [2.24, 2.45) is 0 Å². The van der Waals surface area contributed by atoms with E-state index in [1.165, 1.54) is 24.5 Å². The Labute approximate surface area is 177 Å². The molecular formula is C21H18FN7O2. The summed E-state index contributed by atoms with van der Waals surface area (Å²) < 4.78 is 21.7. The molecule has 9 nitrogen and oxygen atoms in total. The molecule has 0 radical (unpaired) electrons. The molecule has 0 atom stereocenters. The van der Waals surface area contributed by atoms with Crippen molar-refractivity contribution >= 4 is 11.7 Å². The van der Waals surface area contributed by atoms with Crippen LogP contribution in [0, 0.1) is 5.82 Å². The molecule has 0 saturated heterocycles. The number of halogens is 1. The molecule has 1 aromatic carbocycles. The van der Waals surface area contributed by atoms with E-state index < -0.39 is 11.7 Å². The SMILES string of the molecule is CC(C)n1cnnc1-c1cccc(NC(=O)c2cc(Oc3ncccn3)ccc2F)n1. The predicted molar refractivity (Wildman–Crippen MR) is 110 cm³/mol. The van der Waals surface area contributed by atoms with Crippen molar-refractivity contribution < 1.29 is 13.9 Å². The van der Waals surface area contributed by atoms with Crippen LogP contribution in [0.1, 0.15) is 30.2 Å². The van der Waals surface area contributed by atoms with E-state index in [1.807, 2.05) is 18.4 Å². The Morgan fingerprint density at radius 1 is 1.13 bits per heavy atom. The second-order valence-corrected chi connectivity index (χ2v) is 6.79. The van der Waals surface area contributed by atoms with Gasteiger partial charge < -0.3 is 14.6 Å². The lowest BCUT2D eigenvalue weighted by molar-refractivity contribution is 0.102. The van der Waals surface area contributed by atoms with Crippen molar-refractivity contribution in [3.63, 3.8) is 0 Å². The Bertz CT molecular complexity index is 1210. The number of aromatic nitrogens is 6. The number of pyridine rings is 1. The second-order valence-electron chi connectivity index (χ2n) is 6.79. The Hall–Kier alpha value is -4.21. The van der Waals surface area contributed by atoms with Gasteiger partial charge in [-0.25, -0.2) is 19.3 Å². The highest BCUT2D eigenvalue weighted by atomic mass is 19.1. The van der Waals surface area contributed by atoms with Crippen LogP contribution in [0.15, 0.2) is 61.2 Å². The van der Waals surface area contributed by atoms with Gasteiger partial charge >= 0.3 is 6.01 Å². The van der Waals surface area contributed by atoms with E-state index >= 15 is 0 Å². The monoisotopic (exact) mass is 419 g/mol. The minimum atomic E-state index is -0.700. The Balaban J connectivity index is 1.56. The topological polar surface area (TPSA) is 108 Å². The number of nitrogens with zero attached hydrogens (tertiary/aromatic N) is 6. The van der Waals surface area contributed by atoms with E-state index in [0.29, 0.717) is 11.5 Å². The van der Waals surface area contributed by atoms with Gasteiger partial charge in [-0.3, -0.25) is 4.79 Å². The molecule has 4 rings (SSSR count). The van der Waals surface area contributed by atoms with E-state index in [0.717, 1.165) is 6.07 Å². The Morgan fingerprint density at radius 2 is 1.94 bits per heavy atom. The van der Waals surface area contributed by atoms with Gasteiger partial charge in [0.2, 0.25) is 0 Å². The highest BCUT2D eigenvalue weighted by molar-refractivity contribution is 6.04. The molecule has 3 aromatic heterocycles. The Kier molecular flexibility index (Phi) is 5.61. The summed E-state index contributed by atoms with van der Waals surface area (Å²) in [4.78, 5) is 25.0. The molecule has 0 spiro atoms. The average molecular weight is 419 g/mol. The number of carbonyl (C=O) groups excluding carboxylic acids is 1. The van der Waals surface area contributed by atoms with Gasteiger partial charge in [-0.2, -0.15) is 0 Å². The zero-order valence-corrected chi connectivity index (χ0v) is 16.7. The minimum absolute atomic E-state index is 0.0871. The van der Waals surface area contributed by atoms with Crippen molar-refractivity contribution in [3.8, 4) is 23.3 Å². The van der Waals surface area contributed by atoms with Crippen LogP contribution in [0.25, 0.3) is 11.5 Å².